The molecule has 1 spiro atoms. The number of nitrogens with zero attached hydrogens (tertiary/aromatic N) is 2. The second kappa shape index (κ2) is 9.08. The zero-order valence-corrected chi connectivity index (χ0v) is 18.3. The van der Waals surface area contributed by atoms with Crippen molar-refractivity contribution in [2.75, 3.05) is 19.6 Å². The van der Waals surface area contributed by atoms with E-state index >= 15 is 0 Å². The highest BCUT2D eigenvalue weighted by molar-refractivity contribution is 5.93. The Morgan fingerprint density at radius 2 is 1.97 bits per heavy atom. The number of piperidine rings is 1. The highest BCUT2D eigenvalue weighted by Gasteiger charge is 2.44. The number of likely N-dealkylation sites (tertiary alicyclic amines) is 1. The van der Waals surface area contributed by atoms with Crippen molar-refractivity contribution in [2.45, 2.75) is 51.0 Å². The number of hydrogen-bond acceptors (Lipinski definition) is 4. The van der Waals surface area contributed by atoms with Crippen LogP contribution in [0.25, 0.3) is 0 Å². The maximum Gasteiger partial charge on any atom is 0.255 e. The van der Waals surface area contributed by atoms with E-state index in [0.29, 0.717) is 37.5 Å². The summed E-state index contributed by atoms with van der Waals surface area (Å²) in [5, 5.41) is 3.05. The van der Waals surface area contributed by atoms with Crippen molar-refractivity contribution < 1.29 is 14.3 Å². The summed E-state index contributed by atoms with van der Waals surface area (Å²) in [6.45, 7) is 6.17. The van der Waals surface area contributed by atoms with E-state index in [4.69, 9.17) is 4.74 Å². The molecule has 3 heterocycles. The summed E-state index contributed by atoms with van der Waals surface area (Å²) in [4.78, 5) is 31.3. The fraction of sp³-hybridized carbons (Fsp3) is 0.480. The zero-order valence-electron chi connectivity index (χ0n) is 18.3. The summed E-state index contributed by atoms with van der Waals surface area (Å²) in [5.41, 5.74) is 1.40. The lowest BCUT2D eigenvalue weighted by Gasteiger charge is -2.47. The number of ether oxygens (including phenoxy) is 1. The summed E-state index contributed by atoms with van der Waals surface area (Å²) in [6, 6.07) is 11.7. The fourth-order valence-corrected chi connectivity index (χ4v) is 4.64. The first kappa shape index (κ1) is 21.3. The van der Waals surface area contributed by atoms with Gasteiger partial charge in [0, 0.05) is 57.2 Å². The lowest BCUT2D eigenvalue weighted by molar-refractivity contribution is -0.122. The van der Waals surface area contributed by atoms with Gasteiger partial charge in [-0.15, -0.1) is 0 Å². The predicted molar refractivity (Wildman–Crippen MR) is 119 cm³/mol. The number of nitrogens with one attached hydrogen (secondary N) is 1. The lowest BCUT2D eigenvalue weighted by atomic mass is 9.76. The first-order chi connectivity index (χ1) is 15.0. The van der Waals surface area contributed by atoms with Crippen molar-refractivity contribution in [1.29, 1.82) is 0 Å². The first-order valence-electron chi connectivity index (χ1n) is 11.2. The number of carbonyl (C=O) groups excluding carboxylic acids is 2. The second-order valence-electron chi connectivity index (χ2n) is 9.16. The summed E-state index contributed by atoms with van der Waals surface area (Å²) in [7, 11) is 0. The number of aromatic nitrogens is 1. The highest BCUT2D eigenvalue weighted by Crippen LogP contribution is 2.46. The number of fused-ring (bicyclic) bond motifs is 1. The summed E-state index contributed by atoms with van der Waals surface area (Å²) in [5.74, 6) is 1.54. The van der Waals surface area contributed by atoms with Gasteiger partial charge in [-0.2, -0.15) is 0 Å². The van der Waals surface area contributed by atoms with Crippen LogP contribution in [0.2, 0.25) is 0 Å². The van der Waals surface area contributed by atoms with Crippen LogP contribution in [0, 0.1) is 5.92 Å². The molecule has 0 saturated carbocycles. The molecule has 2 aliphatic rings. The lowest BCUT2D eigenvalue weighted by Crippen LogP contribution is -2.52. The molecule has 1 aromatic heterocycles. The van der Waals surface area contributed by atoms with Gasteiger partial charge >= 0.3 is 0 Å². The standard InChI is InChI=1S/C25H31N3O3/c1-18(2)16-27-23(29)14-20-15-25(31-22-8-4-3-7-21(20)22)9-12-28(13-10-25)24(30)19-6-5-11-26-17-19/h3-8,11,17-18,20H,9-10,12-16H2,1-2H3,(H,27,29). The largest absolute Gasteiger partial charge is 0.487 e. The summed E-state index contributed by atoms with van der Waals surface area (Å²) < 4.78 is 6.52. The maximum atomic E-state index is 12.8. The van der Waals surface area contributed by atoms with Crippen molar-refractivity contribution in [2.24, 2.45) is 5.92 Å². The summed E-state index contributed by atoms with van der Waals surface area (Å²) >= 11 is 0. The molecule has 4 rings (SSSR count). The van der Waals surface area contributed by atoms with Gasteiger partial charge in [0.1, 0.15) is 11.4 Å². The third-order valence-electron chi connectivity index (χ3n) is 6.31. The van der Waals surface area contributed by atoms with Crippen LogP contribution in [0.15, 0.2) is 48.8 Å². The van der Waals surface area contributed by atoms with E-state index in [1.54, 1.807) is 24.5 Å². The molecule has 0 bridgehead atoms. The van der Waals surface area contributed by atoms with Gasteiger partial charge in [0.15, 0.2) is 0 Å². The Balaban J connectivity index is 1.46. The predicted octanol–water partition coefficient (Wildman–Crippen LogP) is 3.79. The Kier molecular flexibility index (Phi) is 6.25. The van der Waals surface area contributed by atoms with Crippen LogP contribution in [0.3, 0.4) is 0 Å². The van der Waals surface area contributed by atoms with Crippen molar-refractivity contribution >= 4 is 11.8 Å². The van der Waals surface area contributed by atoms with E-state index < -0.39 is 0 Å². The van der Waals surface area contributed by atoms with Crippen molar-refractivity contribution in [3.8, 4) is 5.75 Å². The van der Waals surface area contributed by atoms with Crippen LogP contribution >= 0.6 is 0 Å². The average molecular weight is 422 g/mol. The van der Waals surface area contributed by atoms with Gasteiger partial charge in [0.05, 0.1) is 5.56 Å². The van der Waals surface area contributed by atoms with Gasteiger partial charge in [-0.25, -0.2) is 0 Å². The number of pyridine rings is 1. The minimum atomic E-state index is -0.330. The van der Waals surface area contributed by atoms with Gasteiger partial charge in [-0.1, -0.05) is 32.0 Å². The minimum Gasteiger partial charge on any atom is -0.487 e. The van der Waals surface area contributed by atoms with E-state index in [-0.39, 0.29) is 23.3 Å². The molecule has 6 nitrogen and oxygen atoms in total. The molecule has 31 heavy (non-hydrogen) atoms. The van der Waals surface area contributed by atoms with Crippen molar-refractivity contribution in [1.82, 2.24) is 15.2 Å². The Bertz CT molecular complexity index is 921. The SMILES string of the molecule is CC(C)CNC(=O)CC1CC2(CCN(C(=O)c3cccnc3)CC2)Oc2ccccc21. The third-order valence-corrected chi connectivity index (χ3v) is 6.31. The number of benzene rings is 1. The van der Waals surface area contributed by atoms with Gasteiger partial charge in [-0.3, -0.25) is 14.6 Å². The molecule has 1 unspecified atom stereocenters. The molecule has 2 aliphatic heterocycles. The zero-order chi connectivity index (χ0) is 21.8. The fourth-order valence-electron chi connectivity index (χ4n) is 4.64. The van der Waals surface area contributed by atoms with Crippen LogP contribution in [0.4, 0.5) is 0 Å². The highest BCUT2D eigenvalue weighted by atomic mass is 16.5. The van der Waals surface area contributed by atoms with E-state index in [0.717, 1.165) is 30.6 Å². The Morgan fingerprint density at radius 1 is 1.19 bits per heavy atom. The Morgan fingerprint density at radius 3 is 2.68 bits per heavy atom. The van der Waals surface area contributed by atoms with Crippen molar-refractivity contribution in [3.63, 3.8) is 0 Å². The normalized spacial score (nSPS) is 19.6. The maximum absolute atomic E-state index is 12.8. The molecule has 6 heteroatoms. The molecule has 0 radical (unpaired) electrons. The van der Waals surface area contributed by atoms with Crippen LogP contribution < -0.4 is 10.1 Å². The van der Waals surface area contributed by atoms with E-state index in [9.17, 15) is 9.59 Å². The van der Waals surface area contributed by atoms with Crippen LogP contribution in [-0.2, 0) is 4.79 Å². The Labute approximate surface area is 184 Å². The van der Waals surface area contributed by atoms with Gasteiger partial charge in [-0.05, 0) is 36.1 Å². The van der Waals surface area contributed by atoms with Crippen LogP contribution in [-0.4, -0.2) is 46.9 Å². The number of para-hydroxylation sites is 1. The number of carbonyl (C=O) groups is 2. The molecule has 164 valence electrons. The van der Waals surface area contributed by atoms with Gasteiger partial charge < -0.3 is 15.0 Å². The number of hydrogen-bond donors (Lipinski definition) is 1. The quantitative estimate of drug-likeness (QED) is 0.797. The molecule has 0 aliphatic carbocycles. The molecular weight excluding hydrogens is 390 g/mol. The Hall–Kier alpha value is -2.89. The molecule has 1 N–H and O–H groups in total. The molecule has 1 aromatic carbocycles. The first-order valence-corrected chi connectivity index (χ1v) is 11.2. The van der Waals surface area contributed by atoms with Gasteiger partial charge in [0.25, 0.3) is 5.91 Å². The second-order valence-corrected chi connectivity index (χ2v) is 9.16. The van der Waals surface area contributed by atoms with Crippen LogP contribution in [0.5, 0.6) is 5.75 Å². The number of amides is 2. The average Bonchev–Trinajstić information content (AvgIpc) is 2.78. The molecular formula is C25H31N3O3. The third kappa shape index (κ3) is 4.89. The monoisotopic (exact) mass is 421 g/mol. The molecule has 1 fully saturated rings. The molecule has 2 aromatic rings. The molecule has 1 saturated heterocycles. The smallest absolute Gasteiger partial charge is 0.255 e. The molecule has 2 amide bonds. The van der Waals surface area contributed by atoms with Gasteiger partial charge in [0.2, 0.25) is 5.91 Å². The van der Waals surface area contributed by atoms with Crippen LogP contribution in [0.1, 0.15) is 61.4 Å². The number of rotatable bonds is 5. The topological polar surface area (TPSA) is 71.5 Å². The van der Waals surface area contributed by atoms with E-state index in [2.05, 4.69) is 30.2 Å². The molecule has 1 atom stereocenters. The van der Waals surface area contributed by atoms with Crippen molar-refractivity contribution in [3.05, 3.63) is 59.9 Å². The minimum absolute atomic E-state index is 0.0174. The van der Waals surface area contributed by atoms with E-state index in [1.807, 2.05) is 23.1 Å². The van der Waals surface area contributed by atoms with E-state index in [1.165, 1.54) is 0 Å². The summed E-state index contributed by atoms with van der Waals surface area (Å²) in [6.07, 6.45) is 6.08.